The fraction of sp³-hybridized carbons (Fsp3) is 0.413. The summed E-state index contributed by atoms with van der Waals surface area (Å²) in [5.41, 5.74) is 10.3. The molecule has 4 aromatic heterocycles. The van der Waals surface area contributed by atoms with Crippen LogP contribution in [0, 0.1) is 13.8 Å². The first kappa shape index (κ1) is 47.4. The van der Waals surface area contributed by atoms with Crippen molar-refractivity contribution in [2.75, 3.05) is 39.4 Å². The molecule has 3 amide bonds. The third-order valence-corrected chi connectivity index (χ3v) is 13.4. The third kappa shape index (κ3) is 13.2. The van der Waals surface area contributed by atoms with Gasteiger partial charge in [0.2, 0.25) is 0 Å². The molecule has 6 heterocycles. The monoisotopic (exact) mass is 912 g/mol. The van der Waals surface area contributed by atoms with Gasteiger partial charge in [0.15, 0.2) is 24.8 Å². The van der Waals surface area contributed by atoms with Crippen molar-refractivity contribution in [2.45, 2.75) is 83.9 Å². The summed E-state index contributed by atoms with van der Waals surface area (Å²) in [5, 5.41) is 2.50. The van der Waals surface area contributed by atoms with E-state index in [9.17, 15) is 33.6 Å². The lowest BCUT2D eigenvalue weighted by Gasteiger charge is -2.19. The molecule has 0 unspecified atom stereocenters. The zero-order valence-corrected chi connectivity index (χ0v) is 37.5. The Labute approximate surface area is 378 Å². The van der Waals surface area contributed by atoms with Gasteiger partial charge in [-0.1, -0.05) is 30.3 Å². The van der Waals surface area contributed by atoms with Gasteiger partial charge < -0.3 is 35.1 Å². The van der Waals surface area contributed by atoms with Crippen molar-refractivity contribution in [3.63, 3.8) is 0 Å². The van der Waals surface area contributed by atoms with Crippen LogP contribution in [0.4, 0.5) is 4.79 Å². The summed E-state index contributed by atoms with van der Waals surface area (Å²) in [4.78, 5) is 99.8. The summed E-state index contributed by atoms with van der Waals surface area (Å²) >= 11 is 2.75. The fourth-order valence-corrected chi connectivity index (χ4v) is 9.18. The molecule has 5 aromatic rings. The minimum absolute atomic E-state index is 0.00331. The van der Waals surface area contributed by atoms with Gasteiger partial charge >= 0.3 is 18.0 Å². The number of pyridine rings is 2. The van der Waals surface area contributed by atoms with E-state index in [0.717, 1.165) is 62.8 Å². The molecular weight excluding hydrogens is 861 g/mol. The molecule has 1 aromatic carbocycles. The molecule has 0 radical (unpaired) electrons. The second-order valence-electron chi connectivity index (χ2n) is 15.6. The number of hydrogen-bond acceptors (Lipinski definition) is 15. The molecule has 2 atom stereocenters. The van der Waals surface area contributed by atoms with Crippen LogP contribution in [-0.4, -0.2) is 113 Å². The highest BCUT2D eigenvalue weighted by Gasteiger charge is 2.28. The molecule has 18 heteroatoms. The Morgan fingerprint density at radius 1 is 0.672 bits per heavy atom. The van der Waals surface area contributed by atoms with Crippen LogP contribution >= 0.6 is 22.7 Å². The van der Waals surface area contributed by atoms with Crippen molar-refractivity contribution in [1.29, 1.82) is 0 Å². The fourth-order valence-electron chi connectivity index (χ4n) is 7.08. The highest BCUT2D eigenvalue weighted by atomic mass is 32.1. The van der Waals surface area contributed by atoms with Crippen molar-refractivity contribution in [3.8, 4) is 0 Å². The number of ketones is 2. The average molecular weight is 913 g/mol. The second-order valence-corrected chi connectivity index (χ2v) is 17.7. The maximum absolute atomic E-state index is 12.9. The van der Waals surface area contributed by atoms with Gasteiger partial charge in [-0.15, -0.1) is 22.7 Å². The number of rotatable bonds is 17. The number of fused-ring (bicyclic) bond motifs is 2. The van der Waals surface area contributed by atoms with E-state index in [-0.39, 0.29) is 62.3 Å². The van der Waals surface area contributed by atoms with Crippen LogP contribution in [0.5, 0.6) is 0 Å². The molecule has 0 saturated carbocycles. The zero-order chi connectivity index (χ0) is 45.6. The Kier molecular flexibility index (Phi) is 17.0. The molecule has 0 bridgehead atoms. The number of carbonyl (C=O) groups is 7. The normalized spacial score (nSPS) is 14.4. The molecule has 2 aliphatic heterocycles. The molecule has 0 aliphatic carbocycles. The van der Waals surface area contributed by atoms with Gasteiger partial charge in [0.05, 0.1) is 30.2 Å². The number of Topliss-reactive ketones (excluding diaryl/α,β-unsaturated/α-hetero) is 2. The number of carbonyl (C=O) groups excluding carboxylic acids is 7. The number of nitrogens with one attached hydrogen (secondary N) is 1. The van der Waals surface area contributed by atoms with Crippen LogP contribution in [0.15, 0.2) is 67.0 Å². The Balaban J connectivity index is 0.000000223. The molecule has 338 valence electrons. The highest BCUT2D eigenvalue weighted by molar-refractivity contribution is 7.21. The van der Waals surface area contributed by atoms with Gasteiger partial charge in [0.25, 0.3) is 11.8 Å². The number of nitrogens with two attached hydrogens (primary N) is 1. The number of esters is 2. The number of aromatic nitrogens is 2. The molecule has 16 nitrogen and oxygen atoms in total. The van der Waals surface area contributed by atoms with E-state index in [1.54, 1.807) is 34.3 Å². The Hall–Kier alpha value is -6.11. The number of ether oxygens (including phenoxy) is 3. The minimum Gasteiger partial charge on any atom is -0.454 e. The number of nitrogens with zero attached hydrogens (tertiary/aromatic N) is 4. The highest BCUT2D eigenvalue weighted by Crippen LogP contribution is 2.29. The first-order valence-electron chi connectivity index (χ1n) is 21.2. The quantitative estimate of drug-likeness (QED) is 0.0614. The molecule has 0 spiro atoms. The zero-order valence-electron chi connectivity index (χ0n) is 35.9. The van der Waals surface area contributed by atoms with Gasteiger partial charge in [-0.25, -0.2) is 9.59 Å². The molecular formula is C46H52N6O10S2. The summed E-state index contributed by atoms with van der Waals surface area (Å²) in [7, 11) is 0. The van der Waals surface area contributed by atoms with E-state index in [1.165, 1.54) is 22.7 Å². The van der Waals surface area contributed by atoms with Crippen LogP contribution in [0.1, 0.15) is 87.4 Å². The lowest BCUT2D eigenvalue weighted by atomic mass is 10.1. The van der Waals surface area contributed by atoms with Gasteiger partial charge in [0.1, 0.15) is 18.7 Å². The summed E-state index contributed by atoms with van der Waals surface area (Å²) in [6.07, 6.45) is 6.71. The minimum atomic E-state index is -1.15. The summed E-state index contributed by atoms with van der Waals surface area (Å²) < 4.78 is 17.4. The van der Waals surface area contributed by atoms with Gasteiger partial charge in [-0.2, -0.15) is 0 Å². The van der Waals surface area contributed by atoms with Gasteiger partial charge in [0, 0.05) is 51.4 Å². The summed E-state index contributed by atoms with van der Waals surface area (Å²) in [6, 6.07) is 14.3. The summed E-state index contributed by atoms with van der Waals surface area (Å²) in [6.45, 7) is 5.95. The molecule has 7 rings (SSSR count). The van der Waals surface area contributed by atoms with E-state index in [4.69, 9.17) is 19.9 Å². The Morgan fingerprint density at radius 2 is 1.16 bits per heavy atom. The maximum atomic E-state index is 12.9. The SMILES string of the molecule is Cc1ccnc2cc(C(=O)CC[C@@H](N)C(=O)OCC(=O)N3CCCC3)sc12.Cc1ccnc2cc(C(=O)CC[C@@H](NC(=O)OCc3ccccc3)C(=O)OCC(=O)N3CCCC3)sc12. The smallest absolute Gasteiger partial charge is 0.408 e. The largest absolute Gasteiger partial charge is 0.454 e. The first-order valence-corrected chi connectivity index (χ1v) is 22.9. The lowest BCUT2D eigenvalue weighted by molar-refractivity contribution is -0.153. The standard InChI is InChI=1S/C27H29N3O6S.C19H23N3O4S/c1-18-11-12-28-21-15-23(37-25(18)21)22(31)10-9-20(26(33)35-17-24(32)30-13-5-6-14-30)29-27(34)36-16-19-7-3-2-4-8-19;1-12-6-7-21-14-10-16(27-18(12)14)15(23)5-4-13(20)19(25)26-11-17(24)22-8-2-3-9-22/h2-4,7-8,11-12,15,20H,5-6,9-10,13-14,16-17H2,1H3,(H,29,34);6-7,10,13H,2-5,8-9,11,20H2,1H3/t20-;13-/m11/s1. The number of likely N-dealkylation sites (tertiary alicyclic amines) is 2. The number of alkyl carbamates (subject to hydrolysis) is 1. The van der Waals surface area contributed by atoms with E-state index >= 15 is 0 Å². The number of thiophene rings is 2. The van der Waals surface area contributed by atoms with Crippen molar-refractivity contribution < 1.29 is 47.8 Å². The van der Waals surface area contributed by atoms with E-state index in [1.807, 2.05) is 56.3 Å². The first-order chi connectivity index (χ1) is 30.9. The van der Waals surface area contributed by atoms with Gasteiger partial charge in [-0.3, -0.25) is 33.9 Å². The van der Waals surface area contributed by atoms with Crippen molar-refractivity contribution in [3.05, 3.63) is 93.4 Å². The van der Waals surface area contributed by atoms with Crippen LogP contribution in [0.3, 0.4) is 0 Å². The summed E-state index contributed by atoms with van der Waals surface area (Å²) in [5.74, 6) is -2.16. The molecule has 64 heavy (non-hydrogen) atoms. The molecule has 2 saturated heterocycles. The number of aryl methyl sites for hydroxylation is 2. The maximum Gasteiger partial charge on any atom is 0.408 e. The molecule has 3 N–H and O–H groups in total. The Bertz CT molecular complexity index is 2460. The van der Waals surface area contributed by atoms with Crippen LogP contribution in [0.2, 0.25) is 0 Å². The number of hydrogen-bond donors (Lipinski definition) is 2. The predicted octanol–water partition coefficient (Wildman–Crippen LogP) is 6.09. The van der Waals surface area contributed by atoms with Crippen LogP contribution in [0.25, 0.3) is 20.4 Å². The van der Waals surface area contributed by atoms with Crippen molar-refractivity contribution >= 4 is 84.5 Å². The molecule has 2 fully saturated rings. The lowest BCUT2D eigenvalue weighted by Crippen LogP contribution is -2.43. The van der Waals surface area contributed by atoms with Crippen LogP contribution < -0.4 is 11.1 Å². The van der Waals surface area contributed by atoms with Crippen molar-refractivity contribution in [1.82, 2.24) is 25.1 Å². The van der Waals surface area contributed by atoms with E-state index in [0.29, 0.717) is 35.9 Å². The van der Waals surface area contributed by atoms with Crippen molar-refractivity contribution in [2.24, 2.45) is 5.73 Å². The Morgan fingerprint density at radius 3 is 1.66 bits per heavy atom. The average Bonchev–Trinajstić information content (AvgIpc) is 4.15. The number of benzene rings is 1. The van der Waals surface area contributed by atoms with E-state index < -0.39 is 36.7 Å². The second kappa shape index (κ2) is 23.0. The predicted molar refractivity (Wildman–Crippen MR) is 241 cm³/mol. The third-order valence-electron chi connectivity index (χ3n) is 10.8. The number of amides is 3. The van der Waals surface area contributed by atoms with E-state index in [2.05, 4.69) is 15.3 Å². The van der Waals surface area contributed by atoms with Crippen LogP contribution in [-0.2, 0) is 40.0 Å². The molecule has 2 aliphatic rings. The topological polar surface area (TPSA) is 217 Å². The van der Waals surface area contributed by atoms with Gasteiger partial charge in [-0.05, 0) is 93.3 Å².